The van der Waals surface area contributed by atoms with Crippen molar-refractivity contribution in [2.75, 3.05) is 17.1 Å². The van der Waals surface area contributed by atoms with E-state index in [0.29, 0.717) is 21.3 Å². The zero-order valence-corrected chi connectivity index (χ0v) is 22.3. The Morgan fingerprint density at radius 1 is 1.06 bits per heavy atom. The van der Waals surface area contributed by atoms with E-state index in [2.05, 4.69) is 5.32 Å². The van der Waals surface area contributed by atoms with Crippen LogP contribution in [0.1, 0.15) is 38.3 Å². The predicted octanol–water partition coefficient (Wildman–Crippen LogP) is 4.40. The number of carbonyl (C=O) groups excluding carboxylic acids is 2. The normalized spacial score (nSPS) is 13.1. The number of amides is 2. The van der Waals surface area contributed by atoms with Crippen LogP contribution in [0.15, 0.2) is 42.5 Å². The van der Waals surface area contributed by atoms with Crippen LogP contribution in [0, 0.1) is 6.92 Å². The van der Waals surface area contributed by atoms with Gasteiger partial charge in [0, 0.05) is 22.6 Å². The predicted molar refractivity (Wildman–Crippen MR) is 138 cm³/mol. The van der Waals surface area contributed by atoms with Gasteiger partial charge in [0.2, 0.25) is 21.8 Å². The zero-order valence-electron chi connectivity index (χ0n) is 20.0. The second-order valence-corrected chi connectivity index (χ2v) is 11.0. The van der Waals surface area contributed by atoms with Crippen molar-refractivity contribution in [3.05, 3.63) is 63.6 Å². The fraction of sp³-hybridized carbons (Fsp3) is 0.417. The third kappa shape index (κ3) is 7.35. The lowest BCUT2D eigenvalue weighted by Gasteiger charge is -2.32. The molecule has 2 aromatic rings. The number of anilines is 1. The molecule has 0 aliphatic carbocycles. The van der Waals surface area contributed by atoms with Crippen molar-refractivity contribution in [2.24, 2.45) is 0 Å². The monoisotopic (exact) mass is 527 g/mol. The number of hydrogen-bond donors (Lipinski definition) is 1. The van der Waals surface area contributed by atoms with E-state index in [1.165, 1.54) is 4.90 Å². The van der Waals surface area contributed by atoms with Gasteiger partial charge >= 0.3 is 0 Å². The minimum Gasteiger partial charge on any atom is -0.352 e. The third-order valence-corrected chi connectivity index (χ3v) is 7.41. The number of nitrogens with one attached hydrogen (secondary N) is 1. The number of benzene rings is 2. The lowest BCUT2D eigenvalue weighted by Crippen LogP contribution is -2.52. The third-order valence-electron chi connectivity index (χ3n) is 5.62. The largest absolute Gasteiger partial charge is 0.352 e. The molecule has 0 fully saturated rings. The summed E-state index contributed by atoms with van der Waals surface area (Å²) < 4.78 is 26.3. The van der Waals surface area contributed by atoms with Gasteiger partial charge in [-0.15, -0.1) is 0 Å². The average molecular weight is 529 g/mol. The number of halogens is 2. The maximum atomic E-state index is 13.5. The van der Waals surface area contributed by atoms with Crippen LogP contribution in [0.2, 0.25) is 10.0 Å². The molecule has 0 saturated carbocycles. The van der Waals surface area contributed by atoms with Crippen LogP contribution < -0.4 is 9.62 Å². The zero-order chi connectivity index (χ0) is 25.6. The Morgan fingerprint density at radius 3 is 2.24 bits per heavy atom. The SMILES string of the molecule is CC[C@@H](C)NC(=O)[C@H](C)N(Cc1ccc(Cl)cc1)C(=O)CN(c1cccc(Cl)c1C)S(C)(=O)=O. The molecular formula is C24H31Cl2N3O4S. The fourth-order valence-electron chi connectivity index (χ4n) is 3.30. The summed E-state index contributed by atoms with van der Waals surface area (Å²) in [5.41, 5.74) is 1.60. The van der Waals surface area contributed by atoms with Gasteiger partial charge in [-0.1, -0.05) is 48.3 Å². The van der Waals surface area contributed by atoms with Crippen molar-refractivity contribution >= 4 is 50.7 Å². The van der Waals surface area contributed by atoms with Crippen LogP contribution >= 0.6 is 23.2 Å². The summed E-state index contributed by atoms with van der Waals surface area (Å²) >= 11 is 12.2. The van der Waals surface area contributed by atoms with Crippen LogP contribution in [0.3, 0.4) is 0 Å². The maximum Gasteiger partial charge on any atom is 0.244 e. The van der Waals surface area contributed by atoms with E-state index < -0.39 is 28.5 Å². The first kappa shape index (κ1) is 28.0. The molecule has 0 spiro atoms. The number of sulfonamides is 1. The molecule has 7 nitrogen and oxygen atoms in total. The molecule has 0 aromatic heterocycles. The van der Waals surface area contributed by atoms with E-state index in [-0.39, 0.29) is 18.5 Å². The van der Waals surface area contributed by atoms with Gasteiger partial charge in [0.25, 0.3) is 0 Å². The smallest absolute Gasteiger partial charge is 0.244 e. The van der Waals surface area contributed by atoms with E-state index in [4.69, 9.17) is 23.2 Å². The molecule has 0 unspecified atom stereocenters. The molecule has 2 atom stereocenters. The molecule has 0 aliphatic heterocycles. The topological polar surface area (TPSA) is 86.8 Å². The van der Waals surface area contributed by atoms with E-state index in [0.717, 1.165) is 22.5 Å². The summed E-state index contributed by atoms with van der Waals surface area (Å²) in [4.78, 5) is 27.8. The maximum absolute atomic E-state index is 13.5. The number of carbonyl (C=O) groups is 2. The molecular weight excluding hydrogens is 497 g/mol. The van der Waals surface area contributed by atoms with Gasteiger partial charge in [-0.05, 0) is 62.6 Å². The summed E-state index contributed by atoms with van der Waals surface area (Å²) in [7, 11) is -3.82. The van der Waals surface area contributed by atoms with Gasteiger partial charge < -0.3 is 10.2 Å². The Labute approximate surface area is 212 Å². The summed E-state index contributed by atoms with van der Waals surface area (Å²) in [6.07, 6.45) is 1.77. The molecule has 2 rings (SSSR count). The number of rotatable bonds is 10. The summed E-state index contributed by atoms with van der Waals surface area (Å²) in [5, 5.41) is 3.82. The Bertz CT molecular complexity index is 1120. The van der Waals surface area contributed by atoms with Gasteiger partial charge in [-0.3, -0.25) is 13.9 Å². The van der Waals surface area contributed by atoms with Crippen LogP contribution in [-0.4, -0.2) is 50.0 Å². The van der Waals surface area contributed by atoms with Gasteiger partial charge in [-0.25, -0.2) is 8.42 Å². The van der Waals surface area contributed by atoms with Crippen molar-refractivity contribution < 1.29 is 18.0 Å². The van der Waals surface area contributed by atoms with Crippen LogP contribution in [-0.2, 0) is 26.2 Å². The van der Waals surface area contributed by atoms with Gasteiger partial charge in [-0.2, -0.15) is 0 Å². The minimum atomic E-state index is -3.82. The summed E-state index contributed by atoms with van der Waals surface area (Å²) in [6, 6.07) is 10.9. The van der Waals surface area contributed by atoms with Crippen LogP contribution in [0.5, 0.6) is 0 Å². The van der Waals surface area contributed by atoms with E-state index in [1.807, 2.05) is 13.8 Å². The molecule has 34 heavy (non-hydrogen) atoms. The van der Waals surface area contributed by atoms with Crippen molar-refractivity contribution in [3.8, 4) is 0 Å². The highest BCUT2D eigenvalue weighted by Crippen LogP contribution is 2.28. The fourth-order valence-corrected chi connectivity index (χ4v) is 4.49. The second-order valence-electron chi connectivity index (χ2n) is 8.30. The summed E-state index contributed by atoms with van der Waals surface area (Å²) in [6.45, 7) is 6.77. The van der Waals surface area contributed by atoms with Crippen LogP contribution in [0.4, 0.5) is 5.69 Å². The molecule has 2 aromatic carbocycles. The molecule has 2 amide bonds. The van der Waals surface area contributed by atoms with Gasteiger partial charge in [0.15, 0.2) is 0 Å². The molecule has 1 N–H and O–H groups in total. The number of nitrogens with zero attached hydrogens (tertiary/aromatic N) is 2. The van der Waals surface area contributed by atoms with Gasteiger partial charge in [0.1, 0.15) is 12.6 Å². The molecule has 0 aliphatic rings. The van der Waals surface area contributed by atoms with Crippen molar-refractivity contribution in [1.82, 2.24) is 10.2 Å². The van der Waals surface area contributed by atoms with Crippen LogP contribution in [0.25, 0.3) is 0 Å². The molecule has 186 valence electrons. The first-order chi connectivity index (χ1) is 15.8. The Kier molecular flexibility index (Phi) is 9.79. The Balaban J connectivity index is 2.42. The molecule has 10 heteroatoms. The van der Waals surface area contributed by atoms with Gasteiger partial charge in [0.05, 0.1) is 11.9 Å². The van der Waals surface area contributed by atoms with E-state index >= 15 is 0 Å². The van der Waals surface area contributed by atoms with E-state index in [1.54, 1.807) is 56.3 Å². The lowest BCUT2D eigenvalue weighted by atomic mass is 10.1. The molecule has 0 radical (unpaired) electrons. The first-order valence-corrected chi connectivity index (χ1v) is 13.5. The highest BCUT2D eigenvalue weighted by molar-refractivity contribution is 7.92. The molecule has 0 bridgehead atoms. The average Bonchev–Trinajstić information content (AvgIpc) is 2.77. The van der Waals surface area contributed by atoms with Crippen molar-refractivity contribution in [1.29, 1.82) is 0 Å². The number of hydrogen-bond acceptors (Lipinski definition) is 4. The van der Waals surface area contributed by atoms with E-state index in [9.17, 15) is 18.0 Å². The highest BCUT2D eigenvalue weighted by atomic mass is 35.5. The molecule has 0 saturated heterocycles. The minimum absolute atomic E-state index is 0.0657. The summed E-state index contributed by atoms with van der Waals surface area (Å²) in [5.74, 6) is -0.840. The Hall–Kier alpha value is -2.29. The second kappa shape index (κ2) is 11.9. The molecule has 0 heterocycles. The standard InChI is InChI=1S/C24H31Cl2N3O4S/c1-6-16(2)27-24(31)18(4)28(14-19-10-12-20(25)13-11-19)23(30)15-29(34(5,32)33)22-9-7-8-21(26)17(22)3/h7-13,16,18H,6,14-15H2,1-5H3,(H,27,31)/t16-,18+/m1/s1. The lowest BCUT2D eigenvalue weighted by molar-refractivity contribution is -0.139. The van der Waals surface area contributed by atoms with Crippen molar-refractivity contribution in [3.63, 3.8) is 0 Å². The highest BCUT2D eigenvalue weighted by Gasteiger charge is 2.31. The first-order valence-electron chi connectivity index (χ1n) is 10.9. The quantitative estimate of drug-likeness (QED) is 0.495. The Morgan fingerprint density at radius 2 is 1.68 bits per heavy atom. The van der Waals surface area contributed by atoms with Crippen molar-refractivity contribution in [2.45, 2.75) is 52.7 Å².